The molecule has 0 aliphatic rings. The van der Waals surface area contributed by atoms with E-state index >= 15 is 0 Å². The standard InChI is InChI=1S/C27H56O6/c1-4-5-6-7-8-9-10-11-12-13-14-15-16-18-31-24-26(2)33-25-27(3)32-23-22-30-21-20-29-19-17-28/h26-28H,4-25H2,1-3H3. The Balaban J connectivity index is 3.25. The van der Waals surface area contributed by atoms with Crippen LogP contribution in [0.25, 0.3) is 0 Å². The summed E-state index contributed by atoms with van der Waals surface area (Å²) in [4.78, 5) is 0. The fourth-order valence-corrected chi connectivity index (χ4v) is 3.56. The first-order valence-corrected chi connectivity index (χ1v) is 13.8. The van der Waals surface area contributed by atoms with Crippen LogP contribution in [-0.2, 0) is 23.7 Å². The van der Waals surface area contributed by atoms with Crippen LogP contribution < -0.4 is 0 Å². The number of hydrogen-bond acceptors (Lipinski definition) is 6. The van der Waals surface area contributed by atoms with E-state index in [1.807, 2.05) is 13.8 Å². The third-order valence-electron chi connectivity index (χ3n) is 5.60. The van der Waals surface area contributed by atoms with Crippen LogP contribution >= 0.6 is 0 Å². The molecule has 0 saturated carbocycles. The number of ether oxygens (including phenoxy) is 5. The summed E-state index contributed by atoms with van der Waals surface area (Å²) in [7, 11) is 0. The minimum atomic E-state index is 0.0303. The van der Waals surface area contributed by atoms with Gasteiger partial charge in [0, 0.05) is 6.61 Å². The molecule has 0 bridgehead atoms. The number of unbranched alkanes of at least 4 members (excludes halogenated alkanes) is 12. The van der Waals surface area contributed by atoms with Gasteiger partial charge in [0.1, 0.15) is 0 Å². The van der Waals surface area contributed by atoms with E-state index in [9.17, 15) is 0 Å². The summed E-state index contributed by atoms with van der Waals surface area (Å²) in [6, 6.07) is 0. The molecule has 0 spiro atoms. The number of aliphatic hydroxyl groups excluding tert-OH is 1. The molecule has 6 nitrogen and oxygen atoms in total. The maximum atomic E-state index is 8.60. The van der Waals surface area contributed by atoms with Gasteiger partial charge in [-0.05, 0) is 20.3 Å². The Morgan fingerprint density at radius 2 is 0.970 bits per heavy atom. The highest BCUT2D eigenvalue weighted by atomic mass is 16.6. The van der Waals surface area contributed by atoms with E-state index < -0.39 is 0 Å². The van der Waals surface area contributed by atoms with Crippen LogP contribution in [0.1, 0.15) is 104 Å². The molecule has 1 N–H and O–H groups in total. The Hall–Kier alpha value is -0.240. The van der Waals surface area contributed by atoms with Gasteiger partial charge < -0.3 is 28.8 Å². The SMILES string of the molecule is CCCCCCCCCCCCCCCOCC(C)OCC(C)OCCOCCOCCO. The second-order valence-corrected chi connectivity index (χ2v) is 9.09. The molecular formula is C27H56O6. The van der Waals surface area contributed by atoms with Crippen molar-refractivity contribution in [1.82, 2.24) is 0 Å². The van der Waals surface area contributed by atoms with E-state index in [4.69, 9.17) is 28.8 Å². The van der Waals surface area contributed by atoms with Crippen LogP contribution in [-0.4, -0.2) is 76.8 Å². The monoisotopic (exact) mass is 476 g/mol. The largest absolute Gasteiger partial charge is 0.394 e. The van der Waals surface area contributed by atoms with Crippen LogP contribution in [0.3, 0.4) is 0 Å². The summed E-state index contributed by atoms with van der Waals surface area (Å²) in [5, 5.41) is 8.60. The zero-order valence-corrected chi connectivity index (χ0v) is 22.2. The van der Waals surface area contributed by atoms with E-state index in [1.165, 1.54) is 77.0 Å². The molecule has 0 aromatic carbocycles. The lowest BCUT2D eigenvalue weighted by Crippen LogP contribution is -2.24. The molecule has 0 amide bonds. The van der Waals surface area contributed by atoms with Gasteiger partial charge >= 0.3 is 0 Å². The molecule has 0 heterocycles. The van der Waals surface area contributed by atoms with Gasteiger partial charge in [0.2, 0.25) is 0 Å². The zero-order valence-electron chi connectivity index (χ0n) is 22.2. The Labute approximate surface area is 205 Å². The van der Waals surface area contributed by atoms with Gasteiger partial charge in [0.15, 0.2) is 0 Å². The van der Waals surface area contributed by atoms with Crippen LogP contribution in [0.15, 0.2) is 0 Å². The van der Waals surface area contributed by atoms with E-state index in [0.717, 1.165) is 13.0 Å². The van der Waals surface area contributed by atoms with Gasteiger partial charge in [0.05, 0.1) is 65.1 Å². The third-order valence-corrected chi connectivity index (χ3v) is 5.60. The molecule has 0 radical (unpaired) electrons. The van der Waals surface area contributed by atoms with Crippen molar-refractivity contribution in [3.8, 4) is 0 Å². The van der Waals surface area contributed by atoms with Crippen molar-refractivity contribution in [3.05, 3.63) is 0 Å². The fourth-order valence-electron chi connectivity index (χ4n) is 3.56. The molecule has 0 saturated heterocycles. The lowest BCUT2D eigenvalue weighted by molar-refractivity contribution is -0.0684. The quantitative estimate of drug-likeness (QED) is 0.141. The molecule has 6 heteroatoms. The van der Waals surface area contributed by atoms with Gasteiger partial charge in [-0.2, -0.15) is 0 Å². The maximum absolute atomic E-state index is 8.60. The predicted octanol–water partition coefficient (Wildman–Crippen LogP) is 5.93. The summed E-state index contributed by atoms with van der Waals surface area (Å²) in [5.74, 6) is 0. The highest BCUT2D eigenvalue weighted by Gasteiger charge is 2.07. The predicted molar refractivity (Wildman–Crippen MR) is 136 cm³/mol. The molecule has 0 aliphatic heterocycles. The van der Waals surface area contributed by atoms with E-state index in [-0.39, 0.29) is 18.8 Å². The van der Waals surface area contributed by atoms with Crippen molar-refractivity contribution in [3.63, 3.8) is 0 Å². The minimum absolute atomic E-state index is 0.0303. The van der Waals surface area contributed by atoms with Gasteiger partial charge in [0.25, 0.3) is 0 Å². The molecule has 0 rings (SSSR count). The maximum Gasteiger partial charge on any atom is 0.0781 e. The molecule has 33 heavy (non-hydrogen) atoms. The van der Waals surface area contributed by atoms with E-state index in [2.05, 4.69) is 6.92 Å². The highest BCUT2D eigenvalue weighted by molar-refractivity contribution is 4.53. The summed E-state index contributed by atoms with van der Waals surface area (Å²) < 4.78 is 27.8. The number of aliphatic hydroxyl groups is 1. The average Bonchev–Trinajstić information content (AvgIpc) is 2.82. The van der Waals surface area contributed by atoms with Crippen molar-refractivity contribution in [2.24, 2.45) is 0 Å². The normalized spacial score (nSPS) is 13.5. The molecule has 0 aromatic heterocycles. The van der Waals surface area contributed by atoms with Crippen molar-refractivity contribution in [2.45, 2.75) is 116 Å². The summed E-state index contributed by atoms with van der Waals surface area (Å²) in [6.07, 6.45) is 17.9. The van der Waals surface area contributed by atoms with Gasteiger partial charge in [-0.25, -0.2) is 0 Å². The number of hydrogen-bond donors (Lipinski definition) is 1. The van der Waals surface area contributed by atoms with Crippen LogP contribution in [0.4, 0.5) is 0 Å². The Bertz CT molecular complexity index is 356. The van der Waals surface area contributed by atoms with Crippen molar-refractivity contribution >= 4 is 0 Å². The lowest BCUT2D eigenvalue weighted by Gasteiger charge is -2.18. The second-order valence-electron chi connectivity index (χ2n) is 9.09. The molecule has 0 fully saturated rings. The Morgan fingerprint density at radius 3 is 1.55 bits per heavy atom. The number of rotatable bonds is 28. The summed E-state index contributed by atoms with van der Waals surface area (Å²) >= 11 is 0. The third kappa shape index (κ3) is 27.9. The van der Waals surface area contributed by atoms with Gasteiger partial charge in [-0.1, -0.05) is 84.0 Å². The minimum Gasteiger partial charge on any atom is -0.394 e. The summed E-state index contributed by atoms with van der Waals surface area (Å²) in [5.41, 5.74) is 0. The smallest absolute Gasteiger partial charge is 0.0781 e. The van der Waals surface area contributed by atoms with E-state index in [1.54, 1.807) is 0 Å². The first kappa shape index (κ1) is 32.8. The van der Waals surface area contributed by atoms with Crippen molar-refractivity contribution in [1.29, 1.82) is 0 Å². The van der Waals surface area contributed by atoms with Gasteiger partial charge in [-0.15, -0.1) is 0 Å². The summed E-state index contributed by atoms with van der Waals surface area (Å²) in [6.45, 7) is 10.8. The van der Waals surface area contributed by atoms with Crippen LogP contribution in [0, 0.1) is 0 Å². The van der Waals surface area contributed by atoms with Crippen molar-refractivity contribution < 1.29 is 28.8 Å². The van der Waals surface area contributed by atoms with Gasteiger partial charge in [-0.3, -0.25) is 0 Å². The molecule has 0 aliphatic carbocycles. The molecule has 2 unspecified atom stereocenters. The topological polar surface area (TPSA) is 66.4 Å². The first-order valence-electron chi connectivity index (χ1n) is 13.8. The zero-order chi connectivity index (χ0) is 24.2. The lowest BCUT2D eigenvalue weighted by atomic mass is 10.0. The average molecular weight is 477 g/mol. The van der Waals surface area contributed by atoms with Crippen LogP contribution in [0.5, 0.6) is 0 Å². The molecule has 2 atom stereocenters. The Kier molecular flexibility index (Phi) is 27.8. The molecule has 0 aromatic rings. The highest BCUT2D eigenvalue weighted by Crippen LogP contribution is 2.12. The first-order chi connectivity index (χ1) is 16.2. The Morgan fingerprint density at radius 1 is 0.485 bits per heavy atom. The van der Waals surface area contributed by atoms with Crippen LogP contribution in [0.2, 0.25) is 0 Å². The fraction of sp³-hybridized carbons (Fsp3) is 1.00. The molecular weight excluding hydrogens is 420 g/mol. The second kappa shape index (κ2) is 28.0. The molecule has 200 valence electrons. The van der Waals surface area contributed by atoms with E-state index in [0.29, 0.717) is 46.2 Å². The van der Waals surface area contributed by atoms with Crippen molar-refractivity contribution in [2.75, 3.05) is 59.5 Å².